The molecule has 7 heteroatoms. The van der Waals surface area contributed by atoms with Crippen molar-refractivity contribution in [3.63, 3.8) is 0 Å². The molecule has 0 bridgehead atoms. The van der Waals surface area contributed by atoms with Crippen LogP contribution in [0, 0.1) is 5.92 Å². The molecule has 6 nitrogen and oxygen atoms in total. The van der Waals surface area contributed by atoms with E-state index in [1.807, 2.05) is 6.07 Å². The monoisotopic (exact) mass is 452 g/mol. The Morgan fingerprint density at radius 3 is 2.47 bits per heavy atom. The summed E-state index contributed by atoms with van der Waals surface area (Å²) < 4.78 is 26.2. The van der Waals surface area contributed by atoms with Crippen LogP contribution >= 0.6 is 0 Å². The molecule has 0 saturated carbocycles. The molecule has 1 aromatic heterocycles. The Kier molecular flexibility index (Phi) is 5.86. The van der Waals surface area contributed by atoms with Gasteiger partial charge in [0, 0.05) is 43.4 Å². The highest BCUT2D eigenvalue weighted by Gasteiger charge is 2.23. The first-order chi connectivity index (χ1) is 15.5. The second kappa shape index (κ2) is 8.79. The lowest BCUT2D eigenvalue weighted by Gasteiger charge is -2.30. The van der Waals surface area contributed by atoms with Crippen molar-refractivity contribution >= 4 is 32.1 Å². The molecule has 0 atom stereocenters. The number of aryl methyl sites for hydroxylation is 1. The molecule has 0 amide bonds. The van der Waals surface area contributed by atoms with Crippen molar-refractivity contribution in [1.29, 1.82) is 0 Å². The van der Waals surface area contributed by atoms with Crippen LogP contribution in [0.3, 0.4) is 0 Å². The third kappa shape index (κ3) is 4.36. The van der Waals surface area contributed by atoms with Crippen LogP contribution in [0.1, 0.15) is 12.8 Å². The van der Waals surface area contributed by atoms with Crippen LogP contribution in [-0.4, -0.2) is 57.2 Å². The summed E-state index contributed by atoms with van der Waals surface area (Å²) >= 11 is 0. The summed E-state index contributed by atoms with van der Waals surface area (Å²) in [6.45, 7) is 4.25. The van der Waals surface area contributed by atoms with Crippen LogP contribution in [0.2, 0.25) is 0 Å². The van der Waals surface area contributed by atoms with Gasteiger partial charge in [-0.15, -0.1) is 0 Å². The van der Waals surface area contributed by atoms with Gasteiger partial charge in [-0.25, -0.2) is 8.42 Å². The van der Waals surface area contributed by atoms with Gasteiger partial charge in [0.15, 0.2) is 9.84 Å². The Bertz CT molecular complexity index is 1180. The van der Waals surface area contributed by atoms with Crippen LogP contribution in [0.15, 0.2) is 48.5 Å². The van der Waals surface area contributed by atoms with Gasteiger partial charge in [0.05, 0.1) is 22.7 Å². The molecule has 3 aromatic rings. The third-order valence-electron chi connectivity index (χ3n) is 6.93. The van der Waals surface area contributed by atoms with E-state index >= 15 is 0 Å². The minimum Gasteiger partial charge on any atom is -0.383 e. The van der Waals surface area contributed by atoms with Crippen LogP contribution in [0.4, 0.5) is 11.4 Å². The Morgan fingerprint density at radius 1 is 1.03 bits per heavy atom. The van der Waals surface area contributed by atoms with Crippen molar-refractivity contribution in [3.05, 3.63) is 48.5 Å². The van der Waals surface area contributed by atoms with Gasteiger partial charge in [-0.05, 0) is 55.6 Å². The molecule has 0 spiro atoms. The number of nitrogens with one attached hydrogen (secondary N) is 2. The number of fused-ring (bicyclic) bond motifs is 1. The predicted molar refractivity (Wildman–Crippen MR) is 133 cm³/mol. The summed E-state index contributed by atoms with van der Waals surface area (Å²) in [7, 11) is -0.775. The number of rotatable bonds is 5. The molecule has 5 rings (SSSR count). The molecule has 2 N–H and O–H groups in total. The number of anilines is 2. The second-order valence-electron chi connectivity index (χ2n) is 9.10. The van der Waals surface area contributed by atoms with Crippen molar-refractivity contribution in [3.8, 4) is 11.3 Å². The van der Waals surface area contributed by atoms with Gasteiger partial charge in [0.1, 0.15) is 0 Å². The largest absolute Gasteiger partial charge is 0.383 e. The maximum absolute atomic E-state index is 11.9. The van der Waals surface area contributed by atoms with Crippen molar-refractivity contribution < 1.29 is 8.42 Å². The van der Waals surface area contributed by atoms with Crippen molar-refractivity contribution in [2.45, 2.75) is 12.8 Å². The van der Waals surface area contributed by atoms with Gasteiger partial charge in [0.25, 0.3) is 0 Å². The Morgan fingerprint density at radius 2 is 1.75 bits per heavy atom. The highest BCUT2D eigenvalue weighted by Crippen LogP contribution is 2.36. The first-order valence-corrected chi connectivity index (χ1v) is 13.4. The van der Waals surface area contributed by atoms with Crippen LogP contribution in [0.25, 0.3) is 22.2 Å². The maximum atomic E-state index is 11.9. The van der Waals surface area contributed by atoms with Crippen LogP contribution in [-0.2, 0) is 16.9 Å². The van der Waals surface area contributed by atoms with Crippen LogP contribution in [0.5, 0.6) is 0 Å². The van der Waals surface area contributed by atoms with Gasteiger partial charge >= 0.3 is 0 Å². The molecule has 0 unspecified atom stereocenters. The Balaban J connectivity index is 1.53. The number of nitrogens with zero attached hydrogens (tertiary/aromatic N) is 2. The van der Waals surface area contributed by atoms with Gasteiger partial charge in [0.2, 0.25) is 0 Å². The average Bonchev–Trinajstić information content (AvgIpc) is 3.15. The van der Waals surface area contributed by atoms with E-state index in [9.17, 15) is 8.42 Å². The summed E-state index contributed by atoms with van der Waals surface area (Å²) in [5.41, 5.74) is 5.82. The summed E-state index contributed by atoms with van der Waals surface area (Å²) in [5.74, 6) is 1.13. The van der Waals surface area contributed by atoms with E-state index in [1.54, 1.807) is 0 Å². The SMILES string of the molecule is Cn1c(-c2ccccc2)cc2cc(N3CCS(=O)(=O)CC3)cc(NCC3CCNCC3)c21. The maximum Gasteiger partial charge on any atom is 0.153 e. The number of piperidine rings is 1. The smallest absolute Gasteiger partial charge is 0.153 e. The predicted octanol–water partition coefficient (Wildman–Crippen LogP) is 3.49. The number of hydrogen-bond acceptors (Lipinski definition) is 5. The van der Waals surface area contributed by atoms with Crippen LogP contribution < -0.4 is 15.5 Å². The Labute approximate surface area is 190 Å². The lowest BCUT2D eigenvalue weighted by atomic mass is 9.98. The normalized spacial score (nSPS) is 19.3. The zero-order valence-corrected chi connectivity index (χ0v) is 19.5. The summed E-state index contributed by atoms with van der Waals surface area (Å²) in [5, 5.41) is 8.39. The first kappa shape index (κ1) is 21.3. The van der Waals surface area contributed by atoms with Crippen molar-refractivity contribution in [2.75, 3.05) is 54.4 Å². The molecule has 2 aromatic carbocycles. The molecule has 170 valence electrons. The molecular formula is C25H32N4O2S. The highest BCUT2D eigenvalue weighted by molar-refractivity contribution is 7.91. The van der Waals surface area contributed by atoms with Gasteiger partial charge in [-0.2, -0.15) is 0 Å². The third-order valence-corrected chi connectivity index (χ3v) is 8.54. The molecule has 0 aliphatic carbocycles. The van der Waals surface area contributed by atoms with Gasteiger partial charge in [-0.3, -0.25) is 0 Å². The molecule has 3 heterocycles. The quantitative estimate of drug-likeness (QED) is 0.620. The lowest BCUT2D eigenvalue weighted by molar-refractivity contribution is 0.390. The minimum atomic E-state index is -2.91. The molecule has 2 aliphatic rings. The molecule has 2 fully saturated rings. The number of hydrogen-bond donors (Lipinski definition) is 2. The number of benzene rings is 2. The second-order valence-corrected chi connectivity index (χ2v) is 11.4. The molecule has 32 heavy (non-hydrogen) atoms. The fourth-order valence-electron chi connectivity index (χ4n) is 5.00. The fraction of sp³-hybridized carbons (Fsp3) is 0.440. The first-order valence-electron chi connectivity index (χ1n) is 11.6. The highest BCUT2D eigenvalue weighted by atomic mass is 32.2. The van der Waals surface area contributed by atoms with Crippen molar-refractivity contribution in [1.82, 2.24) is 9.88 Å². The number of sulfone groups is 1. The average molecular weight is 453 g/mol. The fourth-order valence-corrected chi connectivity index (χ4v) is 6.21. The standard InChI is InChI=1S/C25H32N4O2S/c1-28-24(20-5-3-2-4-6-20)16-21-15-22(29-11-13-32(30,31)14-12-29)17-23(25(21)28)27-18-19-7-9-26-10-8-19/h2-6,15-17,19,26-27H,7-14,18H2,1H3. The van der Waals surface area contributed by atoms with E-state index in [4.69, 9.17) is 0 Å². The summed E-state index contributed by atoms with van der Waals surface area (Å²) in [6.07, 6.45) is 2.39. The van der Waals surface area contributed by atoms with E-state index in [1.165, 1.54) is 35.0 Å². The summed E-state index contributed by atoms with van der Waals surface area (Å²) in [6, 6.07) is 17.2. The Hall–Kier alpha value is -2.51. The van der Waals surface area contributed by atoms with Gasteiger partial charge in [-0.1, -0.05) is 30.3 Å². The zero-order chi connectivity index (χ0) is 22.1. The summed E-state index contributed by atoms with van der Waals surface area (Å²) in [4.78, 5) is 2.21. The van der Waals surface area contributed by atoms with E-state index in [-0.39, 0.29) is 11.5 Å². The van der Waals surface area contributed by atoms with E-state index in [0.717, 1.165) is 31.0 Å². The topological polar surface area (TPSA) is 66.4 Å². The molecule has 0 radical (unpaired) electrons. The lowest BCUT2D eigenvalue weighted by Crippen LogP contribution is -2.40. The van der Waals surface area contributed by atoms with E-state index < -0.39 is 9.84 Å². The zero-order valence-electron chi connectivity index (χ0n) is 18.7. The molecule has 2 saturated heterocycles. The number of aromatic nitrogens is 1. The molecular weight excluding hydrogens is 420 g/mol. The van der Waals surface area contributed by atoms with E-state index in [0.29, 0.717) is 19.0 Å². The van der Waals surface area contributed by atoms with Crippen molar-refractivity contribution in [2.24, 2.45) is 13.0 Å². The molecule has 2 aliphatic heterocycles. The van der Waals surface area contributed by atoms with E-state index in [2.05, 4.69) is 69.6 Å². The minimum absolute atomic E-state index is 0.229. The van der Waals surface area contributed by atoms with Gasteiger partial charge < -0.3 is 20.1 Å².